The molecule has 1 unspecified atom stereocenters. The van der Waals surface area contributed by atoms with Gasteiger partial charge in [0, 0.05) is 23.5 Å². The lowest BCUT2D eigenvalue weighted by molar-refractivity contribution is -0.0525. The molecule has 2 N–H and O–H groups in total. The van der Waals surface area contributed by atoms with Crippen molar-refractivity contribution in [2.75, 3.05) is 13.2 Å². The molecular weight excluding hydrogens is 330 g/mol. The molecule has 1 saturated carbocycles. The molecule has 21 heavy (non-hydrogen) atoms. The van der Waals surface area contributed by atoms with Crippen molar-refractivity contribution in [3.63, 3.8) is 0 Å². The molecule has 1 aliphatic carbocycles. The minimum atomic E-state index is -0.136. The van der Waals surface area contributed by atoms with Gasteiger partial charge < -0.3 is 15.2 Å². The molecule has 0 amide bonds. The Morgan fingerprint density at radius 2 is 2.14 bits per heavy atom. The molecule has 1 aliphatic heterocycles. The fraction of sp³-hybridized carbons (Fsp3) is 0.647. The Hall–Kier alpha value is -0.580. The molecule has 0 aromatic heterocycles. The Morgan fingerprint density at radius 3 is 2.86 bits per heavy atom. The van der Waals surface area contributed by atoms with Crippen LogP contribution in [-0.4, -0.2) is 24.9 Å². The average Bonchev–Trinajstić information content (AvgIpc) is 3.08. The number of rotatable bonds is 5. The van der Waals surface area contributed by atoms with E-state index in [-0.39, 0.29) is 11.6 Å². The molecule has 1 aromatic rings. The summed E-state index contributed by atoms with van der Waals surface area (Å²) in [6, 6.07) is 4.34. The van der Waals surface area contributed by atoms with Crippen LogP contribution in [0.3, 0.4) is 0 Å². The average molecular weight is 354 g/mol. The fourth-order valence-electron chi connectivity index (χ4n) is 3.80. The van der Waals surface area contributed by atoms with Gasteiger partial charge in [0.15, 0.2) is 0 Å². The highest BCUT2D eigenvalue weighted by molar-refractivity contribution is 9.10. The summed E-state index contributed by atoms with van der Waals surface area (Å²) >= 11 is 3.61. The molecule has 0 spiro atoms. The molecule has 2 aliphatic rings. The summed E-state index contributed by atoms with van der Waals surface area (Å²) in [5.74, 6) is 1.05. The molecule has 3 rings (SSSR count). The first-order valence-electron chi connectivity index (χ1n) is 7.98. The Morgan fingerprint density at radius 1 is 1.38 bits per heavy atom. The van der Waals surface area contributed by atoms with Gasteiger partial charge in [0.1, 0.15) is 5.75 Å². The normalized spacial score (nSPS) is 21.1. The molecule has 1 fully saturated rings. The molecule has 1 atom stereocenters. The lowest BCUT2D eigenvalue weighted by atomic mass is 9.87. The van der Waals surface area contributed by atoms with Crippen LogP contribution in [0.15, 0.2) is 16.6 Å². The zero-order chi connectivity index (χ0) is 14.9. The predicted molar refractivity (Wildman–Crippen MR) is 87.8 cm³/mol. The molecule has 0 radical (unpaired) electrons. The zero-order valence-corrected chi connectivity index (χ0v) is 14.2. The standard InChI is InChI=1S/C17H24BrNO2/c1-2-21-17(6-3-4-7-17)15(19)11-13-10-14(18)9-12-5-8-20-16(12)13/h9-10,15H,2-8,11,19H2,1H3. The van der Waals surface area contributed by atoms with Gasteiger partial charge in [-0.1, -0.05) is 28.8 Å². The van der Waals surface area contributed by atoms with Gasteiger partial charge in [-0.05, 0) is 49.4 Å². The van der Waals surface area contributed by atoms with Crippen LogP contribution < -0.4 is 10.5 Å². The number of fused-ring (bicyclic) bond motifs is 1. The zero-order valence-electron chi connectivity index (χ0n) is 12.7. The van der Waals surface area contributed by atoms with Gasteiger partial charge in [0.25, 0.3) is 0 Å². The van der Waals surface area contributed by atoms with E-state index in [4.69, 9.17) is 15.2 Å². The summed E-state index contributed by atoms with van der Waals surface area (Å²) in [5.41, 5.74) is 8.96. The van der Waals surface area contributed by atoms with Crippen molar-refractivity contribution in [1.82, 2.24) is 0 Å². The maximum Gasteiger partial charge on any atom is 0.125 e. The van der Waals surface area contributed by atoms with Crippen LogP contribution in [0.5, 0.6) is 5.75 Å². The number of halogens is 1. The summed E-state index contributed by atoms with van der Waals surface area (Å²) < 4.78 is 13.0. The first kappa shape index (κ1) is 15.3. The molecule has 3 nitrogen and oxygen atoms in total. The summed E-state index contributed by atoms with van der Waals surface area (Å²) in [6.07, 6.45) is 6.43. The summed E-state index contributed by atoms with van der Waals surface area (Å²) in [4.78, 5) is 0. The fourth-order valence-corrected chi connectivity index (χ4v) is 4.36. The second-order valence-corrected chi connectivity index (χ2v) is 7.08. The lowest BCUT2D eigenvalue weighted by Gasteiger charge is -2.35. The number of benzene rings is 1. The number of nitrogens with two attached hydrogens (primary N) is 1. The van der Waals surface area contributed by atoms with Crippen molar-refractivity contribution in [1.29, 1.82) is 0 Å². The molecular formula is C17H24BrNO2. The van der Waals surface area contributed by atoms with Crippen LogP contribution >= 0.6 is 15.9 Å². The van der Waals surface area contributed by atoms with Crippen molar-refractivity contribution in [2.45, 2.75) is 57.1 Å². The largest absolute Gasteiger partial charge is 0.493 e. The molecule has 1 heterocycles. The summed E-state index contributed by atoms with van der Waals surface area (Å²) in [6.45, 7) is 3.58. The third-order valence-electron chi connectivity index (χ3n) is 4.82. The minimum absolute atomic E-state index is 0.0301. The van der Waals surface area contributed by atoms with Gasteiger partial charge in [-0.3, -0.25) is 0 Å². The topological polar surface area (TPSA) is 44.5 Å². The SMILES string of the molecule is CCOC1(C(N)Cc2cc(Br)cc3c2OCC3)CCCC1. The lowest BCUT2D eigenvalue weighted by Crippen LogP contribution is -2.49. The van der Waals surface area contributed by atoms with Gasteiger partial charge in [-0.25, -0.2) is 0 Å². The number of hydrogen-bond donors (Lipinski definition) is 1. The highest BCUT2D eigenvalue weighted by atomic mass is 79.9. The van der Waals surface area contributed by atoms with Crippen LogP contribution in [0, 0.1) is 0 Å². The van der Waals surface area contributed by atoms with Crippen molar-refractivity contribution >= 4 is 15.9 Å². The third-order valence-corrected chi connectivity index (χ3v) is 5.28. The van der Waals surface area contributed by atoms with Crippen molar-refractivity contribution in [2.24, 2.45) is 5.73 Å². The van der Waals surface area contributed by atoms with Crippen molar-refractivity contribution in [3.8, 4) is 5.75 Å². The van der Waals surface area contributed by atoms with Crippen LogP contribution in [-0.2, 0) is 17.6 Å². The molecule has 1 aromatic carbocycles. The molecule has 4 heteroatoms. The second kappa shape index (κ2) is 6.27. The first-order chi connectivity index (χ1) is 10.1. The van der Waals surface area contributed by atoms with Gasteiger partial charge >= 0.3 is 0 Å². The molecule has 116 valence electrons. The van der Waals surface area contributed by atoms with Crippen LogP contribution in [0.4, 0.5) is 0 Å². The smallest absolute Gasteiger partial charge is 0.125 e. The van der Waals surface area contributed by atoms with E-state index in [0.717, 1.165) is 49.1 Å². The quantitative estimate of drug-likeness (QED) is 0.879. The predicted octanol–water partition coefficient (Wildman–Crippen LogP) is 3.60. The van der Waals surface area contributed by atoms with Crippen LogP contribution in [0.1, 0.15) is 43.7 Å². The van der Waals surface area contributed by atoms with Crippen molar-refractivity contribution < 1.29 is 9.47 Å². The Bertz CT molecular complexity index is 512. The van der Waals surface area contributed by atoms with Crippen LogP contribution in [0.2, 0.25) is 0 Å². The van der Waals surface area contributed by atoms with Gasteiger partial charge in [-0.15, -0.1) is 0 Å². The summed E-state index contributed by atoms with van der Waals surface area (Å²) in [7, 11) is 0. The Kier molecular flexibility index (Phi) is 4.57. The van der Waals surface area contributed by atoms with E-state index in [1.165, 1.54) is 24.0 Å². The van der Waals surface area contributed by atoms with Crippen molar-refractivity contribution in [3.05, 3.63) is 27.7 Å². The first-order valence-corrected chi connectivity index (χ1v) is 8.77. The van der Waals surface area contributed by atoms with E-state index in [2.05, 4.69) is 35.0 Å². The monoisotopic (exact) mass is 353 g/mol. The summed E-state index contributed by atoms with van der Waals surface area (Å²) in [5, 5.41) is 0. The maximum atomic E-state index is 6.58. The van der Waals surface area contributed by atoms with Gasteiger partial charge in [0.2, 0.25) is 0 Å². The Labute approximate surface area is 135 Å². The van der Waals surface area contributed by atoms with E-state index < -0.39 is 0 Å². The van der Waals surface area contributed by atoms with E-state index in [9.17, 15) is 0 Å². The van der Waals surface area contributed by atoms with E-state index in [1.54, 1.807) is 0 Å². The number of hydrogen-bond acceptors (Lipinski definition) is 3. The van der Waals surface area contributed by atoms with Crippen LogP contribution in [0.25, 0.3) is 0 Å². The van der Waals surface area contributed by atoms with E-state index >= 15 is 0 Å². The van der Waals surface area contributed by atoms with E-state index in [0.29, 0.717) is 0 Å². The molecule has 0 saturated heterocycles. The maximum absolute atomic E-state index is 6.58. The van der Waals surface area contributed by atoms with Gasteiger partial charge in [0.05, 0.1) is 12.2 Å². The highest BCUT2D eigenvalue weighted by Gasteiger charge is 2.40. The third kappa shape index (κ3) is 2.99. The second-order valence-electron chi connectivity index (χ2n) is 6.17. The highest BCUT2D eigenvalue weighted by Crippen LogP contribution is 2.39. The van der Waals surface area contributed by atoms with Gasteiger partial charge in [-0.2, -0.15) is 0 Å². The van der Waals surface area contributed by atoms with E-state index in [1.807, 2.05) is 0 Å². The Balaban J connectivity index is 1.83. The number of ether oxygens (including phenoxy) is 2. The minimum Gasteiger partial charge on any atom is -0.493 e. The molecule has 0 bridgehead atoms.